The van der Waals surface area contributed by atoms with Crippen LogP contribution in [0.1, 0.15) is 24.0 Å². The maximum absolute atomic E-state index is 9.86. The second kappa shape index (κ2) is 6.48. The minimum Gasteiger partial charge on any atom is -0.394 e. The van der Waals surface area contributed by atoms with Gasteiger partial charge < -0.3 is 20.3 Å². The smallest absolute Gasteiger partial charge is 0.0897 e. The summed E-state index contributed by atoms with van der Waals surface area (Å²) in [5.41, 5.74) is 2.02. The monoisotopic (exact) mass is 265 g/mol. The van der Waals surface area contributed by atoms with Crippen LogP contribution in [0.15, 0.2) is 24.3 Å². The van der Waals surface area contributed by atoms with Crippen molar-refractivity contribution in [3.05, 3.63) is 35.4 Å². The highest BCUT2D eigenvalue weighted by molar-refractivity contribution is 5.36. The summed E-state index contributed by atoms with van der Waals surface area (Å²) in [6, 6.07) is 8.22. The molecule has 1 aliphatic carbocycles. The van der Waals surface area contributed by atoms with E-state index in [2.05, 4.69) is 17.4 Å². The maximum Gasteiger partial charge on any atom is 0.0897 e. The van der Waals surface area contributed by atoms with Crippen LogP contribution in [-0.2, 0) is 16.7 Å². The normalized spacial score (nSPS) is 23.9. The molecule has 0 fully saturated rings. The van der Waals surface area contributed by atoms with Gasteiger partial charge in [-0.3, -0.25) is 0 Å². The molecule has 1 aromatic carbocycles. The van der Waals surface area contributed by atoms with Crippen molar-refractivity contribution in [1.29, 1.82) is 0 Å². The molecule has 1 aliphatic rings. The van der Waals surface area contributed by atoms with E-state index in [0.717, 1.165) is 24.8 Å². The van der Waals surface area contributed by atoms with E-state index in [0.29, 0.717) is 13.2 Å². The number of nitrogens with one attached hydrogen (secondary N) is 1. The zero-order valence-corrected chi connectivity index (χ0v) is 11.4. The van der Waals surface area contributed by atoms with Crippen molar-refractivity contribution < 1.29 is 14.9 Å². The van der Waals surface area contributed by atoms with Gasteiger partial charge in [-0.05, 0) is 30.4 Å². The lowest BCUT2D eigenvalue weighted by Crippen LogP contribution is -2.50. The summed E-state index contributed by atoms with van der Waals surface area (Å²) in [4.78, 5) is 0. The number of fused-ring (bicyclic) bond motifs is 1. The Bertz CT molecular complexity index is 410. The van der Waals surface area contributed by atoms with Crippen LogP contribution in [0.3, 0.4) is 0 Å². The Morgan fingerprint density at radius 2 is 2.21 bits per heavy atom. The van der Waals surface area contributed by atoms with E-state index in [9.17, 15) is 10.2 Å². The Morgan fingerprint density at radius 1 is 1.42 bits per heavy atom. The minimum absolute atomic E-state index is 0.0454. The zero-order chi connectivity index (χ0) is 13.7. The van der Waals surface area contributed by atoms with Crippen LogP contribution in [0.4, 0.5) is 0 Å². The molecule has 0 aromatic heterocycles. The van der Waals surface area contributed by atoms with Gasteiger partial charge in [-0.2, -0.15) is 0 Å². The van der Waals surface area contributed by atoms with Crippen LogP contribution in [-0.4, -0.2) is 43.2 Å². The molecule has 0 saturated heterocycles. The van der Waals surface area contributed by atoms with Gasteiger partial charge >= 0.3 is 0 Å². The number of ether oxygens (including phenoxy) is 1. The summed E-state index contributed by atoms with van der Waals surface area (Å²) in [6.45, 7) is 0.766. The van der Waals surface area contributed by atoms with E-state index in [4.69, 9.17) is 4.74 Å². The van der Waals surface area contributed by atoms with Crippen LogP contribution in [0.5, 0.6) is 0 Å². The molecule has 0 amide bonds. The predicted molar refractivity (Wildman–Crippen MR) is 74.0 cm³/mol. The molecule has 3 N–H and O–H groups in total. The Balaban J connectivity index is 2.15. The highest BCUT2D eigenvalue weighted by Gasteiger charge is 2.35. The summed E-state index contributed by atoms with van der Waals surface area (Å²) >= 11 is 0. The van der Waals surface area contributed by atoms with Gasteiger partial charge in [0.1, 0.15) is 0 Å². The van der Waals surface area contributed by atoms with Gasteiger partial charge in [0.25, 0.3) is 0 Å². The van der Waals surface area contributed by atoms with Gasteiger partial charge in [-0.1, -0.05) is 24.3 Å². The van der Waals surface area contributed by atoms with E-state index < -0.39 is 11.6 Å². The summed E-state index contributed by atoms with van der Waals surface area (Å²) in [6.07, 6.45) is 2.44. The van der Waals surface area contributed by atoms with Gasteiger partial charge in [0.2, 0.25) is 0 Å². The molecule has 0 heterocycles. The Kier molecular flexibility index (Phi) is 4.93. The van der Waals surface area contributed by atoms with Gasteiger partial charge in [-0.15, -0.1) is 0 Å². The number of benzene rings is 1. The van der Waals surface area contributed by atoms with E-state index >= 15 is 0 Å². The van der Waals surface area contributed by atoms with Crippen molar-refractivity contribution in [2.45, 2.75) is 30.9 Å². The second-order valence-electron chi connectivity index (χ2n) is 5.24. The highest BCUT2D eigenvalue weighted by Crippen LogP contribution is 2.34. The average Bonchev–Trinajstić information content (AvgIpc) is 2.45. The largest absolute Gasteiger partial charge is 0.394 e. The van der Waals surface area contributed by atoms with Crippen molar-refractivity contribution in [1.82, 2.24) is 5.32 Å². The maximum atomic E-state index is 9.86. The first kappa shape index (κ1) is 14.5. The molecule has 0 bridgehead atoms. The molecule has 1 unspecified atom stereocenters. The summed E-state index contributed by atoms with van der Waals surface area (Å²) < 4.78 is 4.93. The van der Waals surface area contributed by atoms with Crippen molar-refractivity contribution in [3.63, 3.8) is 0 Å². The molecule has 2 atom stereocenters. The molecule has 106 valence electrons. The number of aliphatic hydroxyl groups is 2. The highest BCUT2D eigenvalue weighted by atomic mass is 16.5. The molecular weight excluding hydrogens is 242 g/mol. The third kappa shape index (κ3) is 3.15. The third-order valence-corrected chi connectivity index (χ3v) is 3.89. The molecule has 0 spiro atoms. The summed E-state index contributed by atoms with van der Waals surface area (Å²) in [5, 5.41) is 23.0. The van der Waals surface area contributed by atoms with E-state index in [-0.39, 0.29) is 6.61 Å². The summed E-state index contributed by atoms with van der Waals surface area (Å²) in [5.74, 6) is 0. The first-order valence-corrected chi connectivity index (χ1v) is 6.83. The van der Waals surface area contributed by atoms with Gasteiger partial charge in [0.05, 0.1) is 24.9 Å². The molecule has 0 saturated carbocycles. The lowest BCUT2D eigenvalue weighted by molar-refractivity contribution is 0.0492. The summed E-state index contributed by atoms with van der Waals surface area (Å²) in [7, 11) is 1.57. The standard InChI is InChI=1S/C15H23NO3/c1-19-10-13(18)9-16-15(11-17)8-4-6-12-5-2-3-7-14(12)15/h2-3,5,7,13,16-18H,4,6,8-11H2,1H3/t13-,15?/m1/s1. The first-order chi connectivity index (χ1) is 9.22. The Hall–Kier alpha value is -0.940. The second-order valence-corrected chi connectivity index (χ2v) is 5.24. The molecule has 1 aromatic rings. The van der Waals surface area contributed by atoms with Crippen LogP contribution < -0.4 is 5.32 Å². The van der Waals surface area contributed by atoms with Crippen LogP contribution in [0, 0.1) is 0 Å². The zero-order valence-electron chi connectivity index (χ0n) is 11.4. The lowest BCUT2D eigenvalue weighted by atomic mass is 9.77. The Morgan fingerprint density at radius 3 is 2.95 bits per heavy atom. The Labute approximate surface area is 114 Å². The number of aryl methyl sites for hydroxylation is 1. The quantitative estimate of drug-likeness (QED) is 0.712. The van der Waals surface area contributed by atoms with Crippen LogP contribution >= 0.6 is 0 Å². The molecule has 0 radical (unpaired) electrons. The first-order valence-electron chi connectivity index (χ1n) is 6.83. The van der Waals surface area contributed by atoms with E-state index in [1.165, 1.54) is 5.56 Å². The molecule has 2 rings (SSSR count). The van der Waals surface area contributed by atoms with Gasteiger partial charge in [0.15, 0.2) is 0 Å². The lowest BCUT2D eigenvalue weighted by Gasteiger charge is -2.39. The van der Waals surface area contributed by atoms with E-state index in [1.807, 2.05) is 12.1 Å². The molecule has 0 aliphatic heterocycles. The number of hydrogen-bond donors (Lipinski definition) is 3. The van der Waals surface area contributed by atoms with Gasteiger partial charge in [-0.25, -0.2) is 0 Å². The number of rotatable bonds is 6. The fourth-order valence-corrected chi connectivity index (χ4v) is 2.89. The predicted octanol–water partition coefficient (Wildman–Crippen LogP) is 0.807. The molecule has 19 heavy (non-hydrogen) atoms. The van der Waals surface area contributed by atoms with Crippen LogP contribution in [0.25, 0.3) is 0 Å². The molecular formula is C15H23NO3. The van der Waals surface area contributed by atoms with E-state index in [1.54, 1.807) is 7.11 Å². The van der Waals surface area contributed by atoms with Crippen molar-refractivity contribution >= 4 is 0 Å². The van der Waals surface area contributed by atoms with Crippen molar-refractivity contribution in [2.75, 3.05) is 26.9 Å². The fourth-order valence-electron chi connectivity index (χ4n) is 2.89. The minimum atomic E-state index is -0.553. The topological polar surface area (TPSA) is 61.7 Å². The van der Waals surface area contributed by atoms with Crippen LogP contribution in [0.2, 0.25) is 0 Å². The average molecular weight is 265 g/mol. The third-order valence-electron chi connectivity index (χ3n) is 3.89. The molecule has 4 nitrogen and oxygen atoms in total. The SMILES string of the molecule is COC[C@H](O)CNC1(CO)CCCc2ccccc21. The molecule has 4 heteroatoms. The fraction of sp³-hybridized carbons (Fsp3) is 0.600. The number of hydrogen-bond acceptors (Lipinski definition) is 4. The van der Waals surface area contributed by atoms with Crippen molar-refractivity contribution in [2.24, 2.45) is 0 Å². The van der Waals surface area contributed by atoms with Crippen molar-refractivity contribution in [3.8, 4) is 0 Å². The number of aliphatic hydroxyl groups excluding tert-OH is 2. The van der Waals surface area contributed by atoms with Gasteiger partial charge in [0, 0.05) is 13.7 Å². The number of methoxy groups -OCH3 is 1.